The topological polar surface area (TPSA) is 96.1 Å². The Hall–Kier alpha value is -2.41. The number of aromatic nitrogens is 1. The van der Waals surface area contributed by atoms with Crippen molar-refractivity contribution in [2.75, 3.05) is 5.75 Å². The van der Waals surface area contributed by atoms with Crippen LogP contribution in [-0.4, -0.2) is 25.1 Å². The molecule has 7 heteroatoms. The highest BCUT2D eigenvalue weighted by atomic mass is 32.2. The Kier molecular flexibility index (Phi) is 3.81. The van der Waals surface area contributed by atoms with E-state index in [-0.39, 0.29) is 22.6 Å². The van der Waals surface area contributed by atoms with E-state index < -0.39 is 27.3 Å². The fourth-order valence-electron chi connectivity index (χ4n) is 2.73. The van der Waals surface area contributed by atoms with Gasteiger partial charge in [-0.15, -0.1) is 0 Å². The van der Waals surface area contributed by atoms with Gasteiger partial charge >= 0.3 is 0 Å². The van der Waals surface area contributed by atoms with E-state index in [2.05, 4.69) is 10.3 Å². The van der Waals surface area contributed by atoms with E-state index in [1.165, 1.54) is 6.07 Å². The first-order valence-corrected chi connectivity index (χ1v) is 8.86. The van der Waals surface area contributed by atoms with Crippen molar-refractivity contribution in [1.29, 1.82) is 0 Å². The number of hydrogen-bond donors (Lipinski definition) is 2. The molecule has 0 saturated heterocycles. The summed E-state index contributed by atoms with van der Waals surface area (Å²) in [5.74, 6) is -0.537. The molecule has 0 fully saturated rings. The van der Waals surface area contributed by atoms with E-state index in [4.69, 9.17) is 0 Å². The van der Waals surface area contributed by atoms with Crippen molar-refractivity contribution in [3.63, 3.8) is 0 Å². The standard InChI is InChI=1S/C16H16N2O4S/c1-10-6-7-12(15(19)17-10)16(20)18-13-8-9-23(21,22)14-5-3-2-4-11(13)14/h2-7,13H,8-9H2,1H3,(H,17,19)(H,18,20)/t13-/m1/s1. The molecule has 2 N–H and O–H groups in total. The molecule has 120 valence electrons. The van der Waals surface area contributed by atoms with Crippen LogP contribution in [0, 0.1) is 6.92 Å². The molecular weight excluding hydrogens is 316 g/mol. The van der Waals surface area contributed by atoms with Crippen LogP contribution in [0.4, 0.5) is 0 Å². The zero-order valence-electron chi connectivity index (χ0n) is 12.5. The maximum absolute atomic E-state index is 12.3. The molecule has 0 spiro atoms. The number of aromatic amines is 1. The third-order valence-electron chi connectivity index (χ3n) is 3.91. The Morgan fingerprint density at radius 3 is 2.70 bits per heavy atom. The molecule has 1 amide bonds. The molecule has 1 aromatic carbocycles. The summed E-state index contributed by atoms with van der Waals surface area (Å²) in [6, 6.07) is 9.31. The van der Waals surface area contributed by atoms with E-state index in [0.29, 0.717) is 11.3 Å². The SMILES string of the molecule is Cc1ccc(C(=O)N[C@@H]2CCS(=O)(=O)c3ccccc32)c(=O)[nH]1. The minimum absolute atomic E-state index is 0.0153. The van der Waals surface area contributed by atoms with Crippen LogP contribution < -0.4 is 10.9 Å². The second-order valence-electron chi connectivity index (χ2n) is 5.56. The number of rotatable bonds is 2. The van der Waals surface area contributed by atoms with Crippen molar-refractivity contribution in [3.8, 4) is 0 Å². The van der Waals surface area contributed by atoms with Crippen molar-refractivity contribution in [2.24, 2.45) is 0 Å². The molecule has 23 heavy (non-hydrogen) atoms. The largest absolute Gasteiger partial charge is 0.345 e. The van der Waals surface area contributed by atoms with Gasteiger partial charge < -0.3 is 10.3 Å². The van der Waals surface area contributed by atoms with Crippen molar-refractivity contribution in [2.45, 2.75) is 24.3 Å². The van der Waals surface area contributed by atoms with Gasteiger partial charge in [0.2, 0.25) is 0 Å². The second-order valence-corrected chi connectivity index (χ2v) is 7.63. The lowest BCUT2D eigenvalue weighted by molar-refractivity contribution is 0.0933. The van der Waals surface area contributed by atoms with Gasteiger partial charge in [0.1, 0.15) is 5.56 Å². The first-order valence-electron chi connectivity index (χ1n) is 7.21. The molecule has 0 saturated carbocycles. The highest BCUT2D eigenvalue weighted by Gasteiger charge is 2.31. The number of carbonyl (C=O) groups is 1. The number of fused-ring (bicyclic) bond motifs is 1. The highest BCUT2D eigenvalue weighted by Crippen LogP contribution is 2.31. The first kappa shape index (κ1) is 15.5. The summed E-state index contributed by atoms with van der Waals surface area (Å²) in [6.07, 6.45) is 0.287. The Morgan fingerprint density at radius 2 is 1.96 bits per heavy atom. The van der Waals surface area contributed by atoms with Crippen LogP contribution in [-0.2, 0) is 9.84 Å². The van der Waals surface area contributed by atoms with Crippen LogP contribution in [0.5, 0.6) is 0 Å². The molecule has 1 aliphatic rings. The molecule has 0 aliphatic carbocycles. The van der Waals surface area contributed by atoms with Gasteiger partial charge in [-0.3, -0.25) is 9.59 Å². The molecule has 1 aliphatic heterocycles. The van der Waals surface area contributed by atoms with Crippen molar-refractivity contribution >= 4 is 15.7 Å². The number of sulfone groups is 1. The summed E-state index contributed by atoms with van der Waals surface area (Å²) in [5, 5.41) is 2.77. The van der Waals surface area contributed by atoms with E-state index in [9.17, 15) is 18.0 Å². The lowest BCUT2D eigenvalue weighted by Gasteiger charge is -2.26. The summed E-state index contributed by atoms with van der Waals surface area (Å²) in [6.45, 7) is 1.73. The number of amides is 1. The summed E-state index contributed by atoms with van der Waals surface area (Å²) < 4.78 is 24.2. The smallest absolute Gasteiger partial charge is 0.260 e. The van der Waals surface area contributed by atoms with Gasteiger partial charge in [0.05, 0.1) is 16.7 Å². The number of pyridine rings is 1. The summed E-state index contributed by atoms with van der Waals surface area (Å²) in [5.41, 5.74) is 0.789. The number of aryl methyl sites for hydroxylation is 1. The van der Waals surface area contributed by atoms with Gasteiger partial charge in [0, 0.05) is 5.69 Å². The lowest BCUT2D eigenvalue weighted by Crippen LogP contribution is -2.36. The van der Waals surface area contributed by atoms with Crippen molar-refractivity contribution < 1.29 is 13.2 Å². The van der Waals surface area contributed by atoms with Crippen molar-refractivity contribution in [3.05, 3.63) is 63.6 Å². The molecule has 1 atom stereocenters. The molecule has 2 heterocycles. The normalized spacial score (nSPS) is 18.9. The molecule has 6 nitrogen and oxygen atoms in total. The highest BCUT2D eigenvalue weighted by molar-refractivity contribution is 7.91. The molecule has 0 bridgehead atoms. The van der Waals surface area contributed by atoms with E-state index in [0.717, 1.165) is 0 Å². The monoisotopic (exact) mass is 332 g/mol. The predicted molar refractivity (Wildman–Crippen MR) is 85.1 cm³/mol. The lowest BCUT2D eigenvalue weighted by atomic mass is 10.0. The van der Waals surface area contributed by atoms with Crippen molar-refractivity contribution in [1.82, 2.24) is 10.3 Å². The average Bonchev–Trinajstić information content (AvgIpc) is 2.50. The maximum Gasteiger partial charge on any atom is 0.260 e. The summed E-state index contributed by atoms with van der Waals surface area (Å²) in [4.78, 5) is 27.0. The second kappa shape index (κ2) is 5.66. The molecular formula is C16H16N2O4S. The first-order chi connectivity index (χ1) is 10.9. The van der Waals surface area contributed by atoms with Gasteiger partial charge in [-0.2, -0.15) is 0 Å². The maximum atomic E-state index is 12.3. The van der Waals surface area contributed by atoms with E-state index >= 15 is 0 Å². The van der Waals surface area contributed by atoms with Crippen LogP contribution in [0.1, 0.15) is 34.1 Å². The number of carbonyl (C=O) groups excluding carboxylic acids is 1. The zero-order valence-corrected chi connectivity index (χ0v) is 13.3. The number of hydrogen-bond acceptors (Lipinski definition) is 4. The fourth-order valence-corrected chi connectivity index (χ4v) is 4.35. The number of H-pyrrole nitrogens is 1. The minimum Gasteiger partial charge on any atom is -0.345 e. The molecule has 2 aromatic rings. The quantitative estimate of drug-likeness (QED) is 0.867. The van der Waals surface area contributed by atoms with Gasteiger partial charge in [-0.1, -0.05) is 18.2 Å². The number of benzene rings is 1. The molecule has 0 radical (unpaired) electrons. The van der Waals surface area contributed by atoms with Gasteiger partial charge in [-0.25, -0.2) is 8.42 Å². The predicted octanol–water partition coefficient (Wildman–Crippen LogP) is 1.33. The minimum atomic E-state index is -3.31. The van der Waals surface area contributed by atoms with Gasteiger partial charge in [-0.05, 0) is 37.1 Å². The summed E-state index contributed by atoms with van der Waals surface area (Å²) >= 11 is 0. The Bertz CT molecular complexity index is 931. The zero-order chi connectivity index (χ0) is 16.6. The molecule has 3 rings (SSSR count). The number of nitrogens with one attached hydrogen (secondary N) is 2. The average molecular weight is 332 g/mol. The van der Waals surface area contributed by atoms with Crippen LogP contribution in [0.25, 0.3) is 0 Å². The molecule has 0 unspecified atom stereocenters. The fraction of sp³-hybridized carbons (Fsp3) is 0.250. The van der Waals surface area contributed by atoms with E-state index in [1.54, 1.807) is 37.3 Å². The third kappa shape index (κ3) is 2.92. The van der Waals surface area contributed by atoms with Gasteiger partial charge in [0.15, 0.2) is 9.84 Å². The van der Waals surface area contributed by atoms with Crippen LogP contribution in [0.15, 0.2) is 46.1 Å². The Labute approximate surface area is 133 Å². The van der Waals surface area contributed by atoms with Crippen LogP contribution in [0.3, 0.4) is 0 Å². The van der Waals surface area contributed by atoms with E-state index in [1.807, 2.05) is 0 Å². The summed E-state index contributed by atoms with van der Waals surface area (Å²) in [7, 11) is -3.31. The Balaban J connectivity index is 1.92. The van der Waals surface area contributed by atoms with Crippen LogP contribution >= 0.6 is 0 Å². The van der Waals surface area contributed by atoms with Gasteiger partial charge in [0.25, 0.3) is 11.5 Å². The third-order valence-corrected chi connectivity index (χ3v) is 5.73. The van der Waals surface area contributed by atoms with Crippen LogP contribution in [0.2, 0.25) is 0 Å². The molecule has 1 aromatic heterocycles. The Morgan fingerprint density at radius 1 is 1.22 bits per heavy atom.